The fourth-order valence-electron chi connectivity index (χ4n) is 3.91. The minimum absolute atomic E-state index is 0.0546. The van der Waals surface area contributed by atoms with E-state index in [2.05, 4.69) is 23.8 Å². The predicted molar refractivity (Wildman–Crippen MR) is 107 cm³/mol. The molecular formula is C22H28N4O2. The minimum Gasteiger partial charge on any atom is -0.341 e. The number of hydrogen-bond donors (Lipinski definition) is 0. The summed E-state index contributed by atoms with van der Waals surface area (Å²) < 4.78 is 0. The molecule has 0 aliphatic carbocycles. The topological polar surface area (TPSA) is 66.4 Å². The number of amides is 2. The summed E-state index contributed by atoms with van der Waals surface area (Å²) in [5.74, 6) is 0.216. The Labute approximate surface area is 166 Å². The van der Waals surface area contributed by atoms with Crippen LogP contribution in [0.3, 0.4) is 0 Å². The van der Waals surface area contributed by atoms with Crippen LogP contribution in [0.4, 0.5) is 0 Å². The number of pyridine rings is 2. The lowest BCUT2D eigenvalue weighted by Crippen LogP contribution is -2.49. The first-order valence-electron chi connectivity index (χ1n) is 9.80. The third kappa shape index (κ3) is 4.55. The van der Waals surface area contributed by atoms with Crippen LogP contribution in [0.5, 0.6) is 0 Å². The van der Waals surface area contributed by atoms with Gasteiger partial charge < -0.3 is 9.80 Å². The molecule has 0 unspecified atom stereocenters. The predicted octanol–water partition coefficient (Wildman–Crippen LogP) is 3.07. The second-order valence-corrected chi connectivity index (χ2v) is 7.87. The molecule has 2 amide bonds. The lowest BCUT2D eigenvalue weighted by Gasteiger charge is -2.42. The van der Waals surface area contributed by atoms with Crippen molar-refractivity contribution in [1.29, 1.82) is 0 Å². The summed E-state index contributed by atoms with van der Waals surface area (Å²) in [6.07, 6.45) is 7.95. The van der Waals surface area contributed by atoms with Crippen molar-refractivity contribution in [2.24, 2.45) is 11.8 Å². The molecule has 28 heavy (non-hydrogen) atoms. The van der Waals surface area contributed by atoms with Gasteiger partial charge in [-0.15, -0.1) is 0 Å². The molecule has 1 aliphatic heterocycles. The highest BCUT2D eigenvalue weighted by atomic mass is 16.2. The van der Waals surface area contributed by atoms with E-state index in [0.29, 0.717) is 31.8 Å². The van der Waals surface area contributed by atoms with E-state index in [1.54, 1.807) is 29.7 Å². The van der Waals surface area contributed by atoms with Gasteiger partial charge in [-0.2, -0.15) is 0 Å². The molecule has 2 aromatic rings. The monoisotopic (exact) mass is 380 g/mol. The molecule has 0 bridgehead atoms. The number of hydrogen-bond acceptors (Lipinski definition) is 4. The van der Waals surface area contributed by atoms with Gasteiger partial charge in [-0.05, 0) is 35.6 Å². The van der Waals surface area contributed by atoms with E-state index >= 15 is 0 Å². The van der Waals surface area contributed by atoms with E-state index in [9.17, 15) is 9.59 Å². The molecule has 0 saturated carbocycles. The van der Waals surface area contributed by atoms with Crippen LogP contribution in [-0.2, 0) is 16.1 Å². The van der Waals surface area contributed by atoms with Crippen LogP contribution in [0.1, 0.15) is 43.9 Å². The average molecular weight is 380 g/mol. The molecule has 6 heteroatoms. The van der Waals surface area contributed by atoms with Crippen molar-refractivity contribution in [2.75, 3.05) is 13.6 Å². The lowest BCUT2D eigenvalue weighted by molar-refractivity contribution is -0.148. The van der Waals surface area contributed by atoms with Gasteiger partial charge in [-0.1, -0.05) is 26.0 Å². The third-order valence-electron chi connectivity index (χ3n) is 5.13. The van der Waals surface area contributed by atoms with E-state index in [1.807, 2.05) is 36.2 Å². The SMILES string of the molecule is CC(C)CN1C(=O)CC[C@@H](C(=O)N(C)Cc2cccnc2)[C@@H]1c1cccnc1. The largest absolute Gasteiger partial charge is 0.341 e. The van der Waals surface area contributed by atoms with Gasteiger partial charge in [0.15, 0.2) is 0 Å². The van der Waals surface area contributed by atoms with E-state index < -0.39 is 0 Å². The van der Waals surface area contributed by atoms with Crippen molar-refractivity contribution in [1.82, 2.24) is 19.8 Å². The highest BCUT2D eigenvalue weighted by molar-refractivity contribution is 5.85. The number of aromatic nitrogens is 2. The highest BCUT2D eigenvalue weighted by Crippen LogP contribution is 2.38. The first-order chi connectivity index (χ1) is 13.5. The zero-order valence-electron chi connectivity index (χ0n) is 16.8. The smallest absolute Gasteiger partial charge is 0.228 e. The Balaban J connectivity index is 1.88. The summed E-state index contributed by atoms with van der Waals surface area (Å²) in [7, 11) is 1.82. The number of carbonyl (C=O) groups is 2. The van der Waals surface area contributed by atoms with Crippen LogP contribution in [0, 0.1) is 11.8 Å². The Bertz CT molecular complexity index is 795. The molecule has 0 radical (unpaired) electrons. The van der Waals surface area contributed by atoms with Crippen LogP contribution in [0.15, 0.2) is 49.1 Å². The van der Waals surface area contributed by atoms with Gasteiger partial charge in [0, 0.05) is 51.3 Å². The lowest BCUT2D eigenvalue weighted by atomic mass is 9.83. The summed E-state index contributed by atoms with van der Waals surface area (Å²) in [6, 6.07) is 7.38. The molecule has 3 rings (SSSR count). The van der Waals surface area contributed by atoms with Crippen LogP contribution < -0.4 is 0 Å². The molecule has 148 valence electrons. The van der Waals surface area contributed by atoms with E-state index in [1.165, 1.54) is 0 Å². The van der Waals surface area contributed by atoms with Gasteiger partial charge in [0.2, 0.25) is 11.8 Å². The maximum Gasteiger partial charge on any atom is 0.228 e. The molecular weight excluding hydrogens is 352 g/mol. The minimum atomic E-state index is -0.277. The Hall–Kier alpha value is -2.76. The van der Waals surface area contributed by atoms with E-state index in [0.717, 1.165) is 11.1 Å². The Morgan fingerprint density at radius 3 is 2.54 bits per heavy atom. The number of rotatable bonds is 6. The zero-order valence-corrected chi connectivity index (χ0v) is 16.8. The fraction of sp³-hybridized carbons (Fsp3) is 0.455. The second-order valence-electron chi connectivity index (χ2n) is 7.87. The van der Waals surface area contributed by atoms with Gasteiger partial charge in [0.25, 0.3) is 0 Å². The maximum atomic E-state index is 13.4. The molecule has 1 aliphatic rings. The molecule has 0 spiro atoms. The quantitative estimate of drug-likeness (QED) is 0.772. The van der Waals surface area contributed by atoms with Crippen LogP contribution in [0.25, 0.3) is 0 Å². The van der Waals surface area contributed by atoms with Crippen molar-refractivity contribution in [3.8, 4) is 0 Å². The van der Waals surface area contributed by atoms with Gasteiger partial charge in [0.05, 0.1) is 12.0 Å². The normalized spacial score (nSPS) is 19.7. The number of carbonyl (C=O) groups excluding carboxylic acids is 2. The second kappa shape index (κ2) is 8.95. The molecule has 3 heterocycles. The highest BCUT2D eigenvalue weighted by Gasteiger charge is 2.41. The Morgan fingerprint density at radius 1 is 1.21 bits per heavy atom. The Morgan fingerprint density at radius 2 is 1.93 bits per heavy atom. The van der Waals surface area contributed by atoms with Crippen molar-refractivity contribution < 1.29 is 9.59 Å². The summed E-state index contributed by atoms with van der Waals surface area (Å²) in [4.78, 5) is 38.1. The first-order valence-corrected chi connectivity index (χ1v) is 9.80. The number of likely N-dealkylation sites (tertiary alicyclic amines) is 1. The van der Waals surface area contributed by atoms with Gasteiger partial charge in [0.1, 0.15) is 0 Å². The molecule has 6 nitrogen and oxygen atoms in total. The molecule has 2 aromatic heterocycles. The van der Waals surface area contributed by atoms with Crippen molar-refractivity contribution >= 4 is 11.8 Å². The number of nitrogens with zero attached hydrogens (tertiary/aromatic N) is 4. The molecule has 0 aromatic carbocycles. The fourth-order valence-corrected chi connectivity index (χ4v) is 3.91. The maximum absolute atomic E-state index is 13.4. The standard InChI is InChI=1S/C22H28N4O2/c1-16(2)14-26-20(27)9-8-19(21(26)18-7-5-11-24-13-18)22(28)25(3)15-17-6-4-10-23-12-17/h4-7,10-13,16,19,21H,8-9,14-15H2,1-3H3/t19-,21+/m1/s1. The molecule has 2 atom stereocenters. The van der Waals surface area contributed by atoms with Crippen LogP contribution in [-0.4, -0.2) is 45.2 Å². The summed E-state index contributed by atoms with van der Waals surface area (Å²) in [5.41, 5.74) is 1.91. The van der Waals surface area contributed by atoms with Gasteiger partial charge in [-0.3, -0.25) is 19.6 Å². The van der Waals surface area contributed by atoms with E-state index in [4.69, 9.17) is 0 Å². The van der Waals surface area contributed by atoms with Crippen molar-refractivity contribution in [3.63, 3.8) is 0 Å². The van der Waals surface area contributed by atoms with Gasteiger partial charge in [-0.25, -0.2) is 0 Å². The summed E-state index contributed by atoms with van der Waals surface area (Å²) in [6.45, 7) is 5.32. The summed E-state index contributed by atoms with van der Waals surface area (Å²) >= 11 is 0. The van der Waals surface area contributed by atoms with Crippen LogP contribution >= 0.6 is 0 Å². The zero-order chi connectivity index (χ0) is 20.1. The average Bonchev–Trinajstić information content (AvgIpc) is 2.70. The van der Waals surface area contributed by atoms with Crippen molar-refractivity contribution in [3.05, 3.63) is 60.2 Å². The number of piperidine rings is 1. The Kier molecular flexibility index (Phi) is 6.39. The van der Waals surface area contributed by atoms with E-state index in [-0.39, 0.29) is 23.8 Å². The first kappa shape index (κ1) is 20.0. The third-order valence-corrected chi connectivity index (χ3v) is 5.13. The van der Waals surface area contributed by atoms with Crippen molar-refractivity contribution in [2.45, 2.75) is 39.3 Å². The summed E-state index contributed by atoms with van der Waals surface area (Å²) in [5, 5.41) is 0. The molecule has 1 fully saturated rings. The van der Waals surface area contributed by atoms with Crippen LogP contribution in [0.2, 0.25) is 0 Å². The molecule has 0 N–H and O–H groups in total. The molecule has 1 saturated heterocycles. The van der Waals surface area contributed by atoms with Gasteiger partial charge >= 0.3 is 0 Å².